The fraction of sp³-hybridized carbons (Fsp3) is 0.550. The van der Waals surface area contributed by atoms with Gasteiger partial charge in [-0.2, -0.15) is 0 Å². The molecule has 3 amide bonds. The molecule has 3 N–H and O–H groups in total. The number of carboxylic acids is 1. The Labute approximate surface area is 159 Å². The fourth-order valence-electron chi connectivity index (χ4n) is 4.08. The molecule has 1 heterocycles. The molecule has 1 aliphatic carbocycles. The van der Waals surface area contributed by atoms with E-state index in [9.17, 15) is 19.5 Å². The second kappa shape index (κ2) is 7.58. The topological polar surface area (TPSA) is 98.7 Å². The van der Waals surface area contributed by atoms with Gasteiger partial charge in [-0.05, 0) is 36.5 Å². The van der Waals surface area contributed by atoms with E-state index in [2.05, 4.69) is 10.6 Å². The lowest BCUT2D eigenvalue weighted by atomic mass is 9.81. The number of urea groups is 1. The predicted octanol–water partition coefficient (Wildman–Crippen LogP) is 2.68. The molecule has 0 spiro atoms. The molecule has 0 bridgehead atoms. The van der Waals surface area contributed by atoms with E-state index in [1.165, 1.54) is 0 Å². The van der Waals surface area contributed by atoms with Crippen LogP contribution in [-0.2, 0) is 16.1 Å². The number of amides is 3. The highest BCUT2D eigenvalue weighted by molar-refractivity contribution is 5.92. The number of hydrogen-bond donors (Lipinski definition) is 3. The van der Waals surface area contributed by atoms with Crippen molar-refractivity contribution in [2.45, 2.75) is 39.7 Å². The minimum absolute atomic E-state index is 0.0389. The number of likely N-dealkylation sites (tertiary alicyclic amines) is 1. The van der Waals surface area contributed by atoms with Crippen molar-refractivity contribution in [1.82, 2.24) is 10.2 Å². The smallest absolute Gasteiger partial charge is 0.317 e. The summed E-state index contributed by atoms with van der Waals surface area (Å²) in [6.07, 6.45) is 2.45. The minimum Gasteiger partial charge on any atom is -0.481 e. The molecule has 2 fully saturated rings. The zero-order valence-corrected chi connectivity index (χ0v) is 15.8. The van der Waals surface area contributed by atoms with Crippen LogP contribution in [-0.4, -0.2) is 41.0 Å². The molecular formula is C20H27N3O4. The molecule has 146 valence electrons. The first-order valence-corrected chi connectivity index (χ1v) is 9.48. The Balaban J connectivity index is 1.53. The van der Waals surface area contributed by atoms with E-state index < -0.39 is 11.4 Å². The molecule has 1 aromatic rings. The Hall–Kier alpha value is -2.57. The number of carbonyl (C=O) groups is 3. The van der Waals surface area contributed by atoms with Crippen LogP contribution in [0.4, 0.5) is 10.5 Å². The van der Waals surface area contributed by atoms with Gasteiger partial charge in [0.15, 0.2) is 0 Å². The number of rotatable bonds is 5. The third-order valence-corrected chi connectivity index (χ3v) is 5.77. The monoisotopic (exact) mass is 373 g/mol. The van der Waals surface area contributed by atoms with E-state index in [1.54, 1.807) is 17.0 Å². The lowest BCUT2D eigenvalue weighted by Gasteiger charge is -2.23. The Morgan fingerprint density at radius 1 is 1.26 bits per heavy atom. The van der Waals surface area contributed by atoms with Crippen molar-refractivity contribution in [2.24, 2.45) is 17.3 Å². The van der Waals surface area contributed by atoms with E-state index >= 15 is 0 Å². The highest BCUT2D eigenvalue weighted by Gasteiger charge is 2.55. The Kier molecular flexibility index (Phi) is 5.39. The second-order valence-corrected chi connectivity index (χ2v) is 7.93. The average molecular weight is 373 g/mol. The van der Waals surface area contributed by atoms with E-state index in [4.69, 9.17) is 0 Å². The Bertz CT molecular complexity index is 731. The van der Waals surface area contributed by atoms with Crippen LogP contribution in [0.3, 0.4) is 0 Å². The molecule has 2 aliphatic rings. The largest absolute Gasteiger partial charge is 0.481 e. The molecule has 1 saturated heterocycles. The summed E-state index contributed by atoms with van der Waals surface area (Å²) >= 11 is 0. The van der Waals surface area contributed by atoms with Crippen molar-refractivity contribution < 1.29 is 19.5 Å². The van der Waals surface area contributed by atoms with Crippen LogP contribution in [0.5, 0.6) is 0 Å². The number of nitrogens with one attached hydrogen (secondary N) is 2. The fourth-order valence-corrected chi connectivity index (χ4v) is 4.08. The summed E-state index contributed by atoms with van der Waals surface area (Å²) < 4.78 is 0. The van der Waals surface area contributed by atoms with Crippen molar-refractivity contribution in [3.8, 4) is 0 Å². The number of hydrogen-bond acceptors (Lipinski definition) is 3. The van der Waals surface area contributed by atoms with Gasteiger partial charge in [0, 0.05) is 31.2 Å². The molecule has 0 unspecified atom stereocenters. The zero-order valence-electron chi connectivity index (χ0n) is 15.8. The molecule has 27 heavy (non-hydrogen) atoms. The van der Waals surface area contributed by atoms with Gasteiger partial charge < -0.3 is 20.6 Å². The summed E-state index contributed by atoms with van der Waals surface area (Å²) in [5, 5.41) is 15.3. The molecule has 0 radical (unpaired) electrons. The molecule has 1 aliphatic heterocycles. The highest BCUT2D eigenvalue weighted by Crippen LogP contribution is 2.48. The summed E-state index contributed by atoms with van der Waals surface area (Å²) in [6, 6.07) is 7.10. The maximum absolute atomic E-state index is 12.5. The van der Waals surface area contributed by atoms with Gasteiger partial charge in [0.1, 0.15) is 0 Å². The van der Waals surface area contributed by atoms with E-state index in [-0.39, 0.29) is 23.8 Å². The number of carbonyl (C=O) groups excluding carboxylic acids is 2. The van der Waals surface area contributed by atoms with Crippen molar-refractivity contribution in [3.05, 3.63) is 29.8 Å². The van der Waals surface area contributed by atoms with Crippen molar-refractivity contribution >= 4 is 23.6 Å². The normalized spacial score (nSPS) is 24.0. The standard InChI is InChI=1S/C20H27N3O4/c1-13(2)17(24)22-16-7-5-14(6-8-16)10-21-19(27)23-11-15-4-3-9-20(15,12-23)18(25)26/h5-8,13,15H,3-4,9-12H2,1-2H3,(H,21,27)(H,22,24)(H,25,26)/t15-,20+/m0/s1. The van der Waals surface area contributed by atoms with Gasteiger partial charge in [-0.25, -0.2) is 4.79 Å². The van der Waals surface area contributed by atoms with Gasteiger partial charge in [0.2, 0.25) is 5.91 Å². The predicted molar refractivity (Wildman–Crippen MR) is 101 cm³/mol. The van der Waals surface area contributed by atoms with Crippen molar-refractivity contribution in [1.29, 1.82) is 0 Å². The first-order valence-electron chi connectivity index (χ1n) is 9.48. The molecule has 0 aromatic heterocycles. The molecule has 3 rings (SSSR count). The number of aliphatic carboxylic acids is 1. The van der Waals surface area contributed by atoms with Crippen LogP contribution in [0.2, 0.25) is 0 Å². The van der Waals surface area contributed by atoms with Crippen LogP contribution in [0.1, 0.15) is 38.7 Å². The maximum Gasteiger partial charge on any atom is 0.317 e. The third-order valence-electron chi connectivity index (χ3n) is 5.77. The van der Waals surface area contributed by atoms with E-state index in [0.29, 0.717) is 26.1 Å². The minimum atomic E-state index is -0.778. The van der Waals surface area contributed by atoms with Gasteiger partial charge in [-0.1, -0.05) is 32.4 Å². The van der Waals surface area contributed by atoms with Crippen LogP contribution in [0.15, 0.2) is 24.3 Å². The molecule has 7 heteroatoms. The molecule has 1 saturated carbocycles. The molecular weight excluding hydrogens is 346 g/mol. The zero-order chi connectivity index (χ0) is 19.6. The Morgan fingerprint density at radius 3 is 2.56 bits per heavy atom. The number of fused-ring (bicyclic) bond motifs is 1. The van der Waals surface area contributed by atoms with Gasteiger partial charge in [0.25, 0.3) is 0 Å². The van der Waals surface area contributed by atoms with Crippen LogP contribution < -0.4 is 10.6 Å². The summed E-state index contributed by atoms with van der Waals surface area (Å²) in [4.78, 5) is 37.5. The quantitative estimate of drug-likeness (QED) is 0.739. The summed E-state index contributed by atoms with van der Waals surface area (Å²) in [5.74, 6) is -0.843. The Morgan fingerprint density at radius 2 is 1.96 bits per heavy atom. The highest BCUT2D eigenvalue weighted by atomic mass is 16.4. The van der Waals surface area contributed by atoms with Crippen LogP contribution >= 0.6 is 0 Å². The van der Waals surface area contributed by atoms with Crippen LogP contribution in [0, 0.1) is 17.3 Å². The van der Waals surface area contributed by atoms with Gasteiger partial charge >= 0.3 is 12.0 Å². The van der Waals surface area contributed by atoms with E-state index in [0.717, 1.165) is 24.1 Å². The first-order chi connectivity index (χ1) is 12.8. The summed E-state index contributed by atoms with van der Waals surface area (Å²) in [7, 11) is 0. The summed E-state index contributed by atoms with van der Waals surface area (Å²) in [5.41, 5.74) is 0.880. The number of carboxylic acid groups (broad SMARTS) is 1. The average Bonchev–Trinajstić information content (AvgIpc) is 3.19. The number of nitrogens with zero attached hydrogens (tertiary/aromatic N) is 1. The molecule has 2 atom stereocenters. The van der Waals surface area contributed by atoms with Gasteiger partial charge in [-0.3, -0.25) is 9.59 Å². The van der Waals surface area contributed by atoms with Gasteiger partial charge in [-0.15, -0.1) is 0 Å². The summed E-state index contributed by atoms with van der Waals surface area (Å²) in [6.45, 7) is 4.83. The van der Waals surface area contributed by atoms with Crippen molar-refractivity contribution in [3.63, 3.8) is 0 Å². The van der Waals surface area contributed by atoms with Crippen molar-refractivity contribution in [2.75, 3.05) is 18.4 Å². The van der Waals surface area contributed by atoms with E-state index in [1.807, 2.05) is 26.0 Å². The number of benzene rings is 1. The lowest BCUT2D eigenvalue weighted by Crippen LogP contribution is -2.41. The number of anilines is 1. The van der Waals surface area contributed by atoms with Gasteiger partial charge in [0.05, 0.1) is 5.41 Å². The molecule has 1 aromatic carbocycles. The molecule has 7 nitrogen and oxygen atoms in total. The van der Waals surface area contributed by atoms with Crippen LogP contribution in [0.25, 0.3) is 0 Å². The third kappa shape index (κ3) is 3.91. The maximum atomic E-state index is 12.5. The second-order valence-electron chi connectivity index (χ2n) is 7.93. The SMILES string of the molecule is CC(C)C(=O)Nc1ccc(CNC(=O)N2C[C@@H]3CCC[C@@]3(C(=O)O)C2)cc1. The first kappa shape index (κ1) is 19.2. The lowest BCUT2D eigenvalue weighted by molar-refractivity contribution is -0.149.